The molecule has 0 bridgehead atoms. The summed E-state index contributed by atoms with van der Waals surface area (Å²) in [5, 5.41) is 5.28. The number of carbonyl (C=O) groups excluding carboxylic acids is 1. The van der Waals surface area contributed by atoms with Crippen LogP contribution in [0.25, 0.3) is 10.8 Å². The minimum atomic E-state index is -0.398. The van der Waals surface area contributed by atoms with E-state index in [0.29, 0.717) is 6.54 Å². The van der Waals surface area contributed by atoms with Crippen LogP contribution in [0.4, 0.5) is 0 Å². The van der Waals surface area contributed by atoms with Crippen molar-refractivity contribution in [3.63, 3.8) is 0 Å². The second kappa shape index (κ2) is 7.88. The number of carbonyl (C=O) groups is 1. The lowest BCUT2D eigenvalue weighted by Crippen LogP contribution is -2.40. The second-order valence-corrected chi connectivity index (χ2v) is 4.79. The van der Waals surface area contributed by atoms with Gasteiger partial charge in [0.2, 0.25) is 5.91 Å². The van der Waals surface area contributed by atoms with Crippen LogP contribution < -0.4 is 11.1 Å². The van der Waals surface area contributed by atoms with E-state index in [0.717, 1.165) is 18.4 Å². The maximum atomic E-state index is 11.7. The van der Waals surface area contributed by atoms with Crippen LogP contribution in [0.15, 0.2) is 42.5 Å². The molecule has 0 aromatic heterocycles. The number of rotatable bonds is 5. The first-order valence-electron chi connectivity index (χ1n) is 6.71. The molecule has 0 aliphatic carbocycles. The first-order valence-corrected chi connectivity index (χ1v) is 6.71. The molecule has 20 heavy (non-hydrogen) atoms. The van der Waals surface area contributed by atoms with E-state index in [1.54, 1.807) is 0 Å². The molecule has 0 saturated carbocycles. The number of hydrogen-bond acceptors (Lipinski definition) is 2. The Kier molecular flexibility index (Phi) is 6.49. The molecule has 1 atom stereocenters. The van der Waals surface area contributed by atoms with Crippen molar-refractivity contribution in [1.29, 1.82) is 0 Å². The molecule has 0 aliphatic heterocycles. The maximum absolute atomic E-state index is 11.7. The molecule has 0 heterocycles. The fraction of sp³-hybridized carbons (Fsp3) is 0.312. The highest BCUT2D eigenvalue weighted by Gasteiger charge is 2.11. The van der Waals surface area contributed by atoms with Gasteiger partial charge in [-0.2, -0.15) is 0 Å². The average molecular weight is 293 g/mol. The van der Waals surface area contributed by atoms with Crippen molar-refractivity contribution < 1.29 is 4.79 Å². The smallest absolute Gasteiger partial charge is 0.237 e. The number of fused-ring (bicyclic) bond motifs is 1. The van der Waals surface area contributed by atoms with E-state index >= 15 is 0 Å². The molecule has 0 fully saturated rings. The van der Waals surface area contributed by atoms with E-state index in [-0.39, 0.29) is 18.3 Å². The standard InChI is InChI=1S/C16H20N2O.ClH/c1-2-5-15(17)16(19)18-11-12-8-9-13-6-3-4-7-14(13)10-12;/h3-4,6-10,15H,2,5,11,17H2,1H3,(H,18,19);1H. The summed E-state index contributed by atoms with van der Waals surface area (Å²) in [4.78, 5) is 11.7. The van der Waals surface area contributed by atoms with Crippen molar-refractivity contribution in [2.24, 2.45) is 5.73 Å². The number of hydrogen-bond donors (Lipinski definition) is 2. The van der Waals surface area contributed by atoms with Crippen LogP contribution in [-0.2, 0) is 11.3 Å². The van der Waals surface area contributed by atoms with Crippen molar-refractivity contribution in [2.45, 2.75) is 32.4 Å². The van der Waals surface area contributed by atoms with Gasteiger partial charge in [0.05, 0.1) is 6.04 Å². The molecule has 0 spiro atoms. The van der Waals surface area contributed by atoms with E-state index in [9.17, 15) is 4.79 Å². The van der Waals surface area contributed by atoms with Gasteiger partial charge in [-0.3, -0.25) is 4.79 Å². The molecular weight excluding hydrogens is 272 g/mol. The van der Waals surface area contributed by atoms with Gasteiger partial charge < -0.3 is 11.1 Å². The highest BCUT2D eigenvalue weighted by Crippen LogP contribution is 2.15. The zero-order valence-electron chi connectivity index (χ0n) is 11.6. The summed E-state index contributed by atoms with van der Waals surface area (Å²) in [6, 6.07) is 14.0. The fourth-order valence-corrected chi connectivity index (χ4v) is 2.11. The summed E-state index contributed by atoms with van der Waals surface area (Å²) in [6.45, 7) is 2.55. The molecule has 3 N–H and O–H groups in total. The Morgan fingerprint density at radius 3 is 2.60 bits per heavy atom. The normalized spacial score (nSPS) is 11.7. The first kappa shape index (κ1) is 16.5. The van der Waals surface area contributed by atoms with Gasteiger partial charge in [-0.15, -0.1) is 12.4 Å². The molecule has 1 unspecified atom stereocenters. The Balaban J connectivity index is 0.00000200. The number of amides is 1. The molecule has 0 aliphatic rings. The van der Waals surface area contributed by atoms with Gasteiger partial charge >= 0.3 is 0 Å². The Hall–Kier alpha value is -1.58. The van der Waals surface area contributed by atoms with Gasteiger partial charge in [-0.05, 0) is 28.8 Å². The van der Waals surface area contributed by atoms with Crippen LogP contribution in [0, 0.1) is 0 Å². The monoisotopic (exact) mass is 292 g/mol. The van der Waals surface area contributed by atoms with Crippen LogP contribution in [0.2, 0.25) is 0 Å². The maximum Gasteiger partial charge on any atom is 0.237 e. The molecule has 4 heteroatoms. The van der Waals surface area contributed by atoms with Crippen molar-refractivity contribution in [2.75, 3.05) is 0 Å². The summed E-state index contributed by atoms with van der Waals surface area (Å²) < 4.78 is 0. The van der Waals surface area contributed by atoms with Crippen molar-refractivity contribution in [3.05, 3.63) is 48.0 Å². The van der Waals surface area contributed by atoms with E-state index in [1.807, 2.05) is 25.1 Å². The zero-order valence-corrected chi connectivity index (χ0v) is 12.5. The Morgan fingerprint density at radius 2 is 1.90 bits per heavy atom. The van der Waals surface area contributed by atoms with Gasteiger partial charge in [0.25, 0.3) is 0 Å². The van der Waals surface area contributed by atoms with Crippen molar-refractivity contribution in [3.8, 4) is 0 Å². The minimum Gasteiger partial charge on any atom is -0.351 e. The topological polar surface area (TPSA) is 55.1 Å². The molecule has 2 rings (SSSR count). The predicted molar refractivity (Wildman–Crippen MR) is 85.9 cm³/mol. The largest absolute Gasteiger partial charge is 0.351 e. The van der Waals surface area contributed by atoms with E-state index in [2.05, 4.69) is 29.6 Å². The Bertz CT molecular complexity index is 571. The van der Waals surface area contributed by atoms with Crippen molar-refractivity contribution >= 4 is 29.1 Å². The molecule has 0 radical (unpaired) electrons. The van der Waals surface area contributed by atoms with Crippen LogP contribution in [0.5, 0.6) is 0 Å². The lowest BCUT2D eigenvalue weighted by molar-refractivity contribution is -0.122. The van der Waals surface area contributed by atoms with Gasteiger partial charge in [0, 0.05) is 6.54 Å². The number of benzene rings is 2. The quantitative estimate of drug-likeness (QED) is 0.890. The average Bonchev–Trinajstić information content (AvgIpc) is 2.44. The Labute approximate surface area is 126 Å². The third-order valence-corrected chi connectivity index (χ3v) is 3.22. The molecular formula is C16H21ClN2O. The second-order valence-electron chi connectivity index (χ2n) is 4.79. The highest BCUT2D eigenvalue weighted by atomic mass is 35.5. The summed E-state index contributed by atoms with van der Waals surface area (Å²) in [6.07, 6.45) is 1.65. The minimum absolute atomic E-state index is 0. The zero-order chi connectivity index (χ0) is 13.7. The van der Waals surface area contributed by atoms with Crippen molar-refractivity contribution in [1.82, 2.24) is 5.32 Å². The third-order valence-electron chi connectivity index (χ3n) is 3.22. The van der Waals surface area contributed by atoms with Crippen LogP contribution in [0.1, 0.15) is 25.3 Å². The van der Waals surface area contributed by atoms with Gasteiger partial charge in [0.1, 0.15) is 0 Å². The van der Waals surface area contributed by atoms with Gasteiger partial charge in [-0.25, -0.2) is 0 Å². The molecule has 2 aromatic rings. The summed E-state index contributed by atoms with van der Waals surface area (Å²) in [5.41, 5.74) is 6.86. The van der Waals surface area contributed by atoms with Crippen LogP contribution in [0.3, 0.4) is 0 Å². The first-order chi connectivity index (χ1) is 9.20. The van der Waals surface area contributed by atoms with E-state index in [4.69, 9.17) is 5.73 Å². The molecule has 1 amide bonds. The molecule has 0 saturated heterocycles. The predicted octanol–water partition coefficient (Wildman–Crippen LogP) is 3.01. The summed E-state index contributed by atoms with van der Waals surface area (Å²) >= 11 is 0. The third kappa shape index (κ3) is 4.22. The SMILES string of the molecule is CCCC(N)C(=O)NCc1ccc2ccccc2c1.Cl. The summed E-state index contributed by atoms with van der Waals surface area (Å²) in [5.74, 6) is -0.0741. The number of nitrogens with two attached hydrogens (primary N) is 1. The summed E-state index contributed by atoms with van der Waals surface area (Å²) in [7, 11) is 0. The van der Waals surface area contributed by atoms with Gasteiger partial charge in [-0.1, -0.05) is 49.7 Å². The number of nitrogens with one attached hydrogen (secondary N) is 1. The fourth-order valence-electron chi connectivity index (χ4n) is 2.11. The van der Waals surface area contributed by atoms with Gasteiger partial charge in [0.15, 0.2) is 0 Å². The Morgan fingerprint density at radius 1 is 1.20 bits per heavy atom. The van der Waals surface area contributed by atoms with E-state index < -0.39 is 6.04 Å². The van der Waals surface area contributed by atoms with Crippen LogP contribution in [-0.4, -0.2) is 11.9 Å². The lowest BCUT2D eigenvalue weighted by Gasteiger charge is -2.11. The highest BCUT2D eigenvalue weighted by molar-refractivity contribution is 5.85. The lowest BCUT2D eigenvalue weighted by atomic mass is 10.1. The van der Waals surface area contributed by atoms with E-state index in [1.165, 1.54) is 10.8 Å². The molecule has 2 aromatic carbocycles. The molecule has 108 valence electrons. The molecule has 3 nitrogen and oxygen atoms in total. The number of halogens is 1. The van der Waals surface area contributed by atoms with Crippen LogP contribution >= 0.6 is 12.4 Å².